The molecule has 5 rings (SSSR count). The highest BCUT2D eigenvalue weighted by Gasteiger charge is 2.75. The van der Waals surface area contributed by atoms with Gasteiger partial charge in [0.05, 0.1) is 13.2 Å². The van der Waals surface area contributed by atoms with Gasteiger partial charge in [-0.25, -0.2) is 4.79 Å². The molecular weight excluding hydrogens is 340 g/mol. The van der Waals surface area contributed by atoms with Gasteiger partial charge in [-0.3, -0.25) is 4.90 Å². The molecule has 5 nitrogen and oxygen atoms in total. The van der Waals surface area contributed by atoms with E-state index in [1.165, 1.54) is 12.7 Å². The number of anilines is 1. The molecule has 3 fully saturated rings. The molecule has 0 amide bonds. The number of methoxy groups -OCH3 is 1. The second-order valence-electron chi connectivity index (χ2n) is 9.17. The Labute approximate surface area is 161 Å². The molecule has 1 spiro atoms. The van der Waals surface area contributed by atoms with E-state index in [0.29, 0.717) is 12.5 Å². The van der Waals surface area contributed by atoms with Gasteiger partial charge >= 0.3 is 5.97 Å². The molecule has 1 saturated carbocycles. The Morgan fingerprint density at radius 3 is 2.78 bits per heavy atom. The van der Waals surface area contributed by atoms with Crippen molar-refractivity contribution in [2.75, 3.05) is 32.1 Å². The first-order chi connectivity index (χ1) is 12.9. The van der Waals surface area contributed by atoms with Crippen LogP contribution in [0.5, 0.6) is 0 Å². The third kappa shape index (κ3) is 1.85. The number of piperidine rings is 1. The van der Waals surface area contributed by atoms with Crippen LogP contribution < -0.4 is 4.90 Å². The van der Waals surface area contributed by atoms with Crippen molar-refractivity contribution < 1.29 is 14.6 Å². The lowest BCUT2D eigenvalue weighted by Gasteiger charge is -2.62. The Bertz CT molecular complexity index is 798. The first-order valence-electron chi connectivity index (χ1n) is 10.3. The highest BCUT2D eigenvalue weighted by molar-refractivity contribution is 5.84. The van der Waals surface area contributed by atoms with E-state index in [4.69, 9.17) is 4.74 Å². The van der Waals surface area contributed by atoms with Crippen LogP contribution in [0.15, 0.2) is 24.3 Å². The van der Waals surface area contributed by atoms with Crippen LogP contribution in [0.25, 0.3) is 0 Å². The van der Waals surface area contributed by atoms with Crippen LogP contribution in [-0.4, -0.2) is 60.9 Å². The number of rotatable bonds is 2. The van der Waals surface area contributed by atoms with E-state index < -0.39 is 11.6 Å². The van der Waals surface area contributed by atoms with Gasteiger partial charge < -0.3 is 14.7 Å². The van der Waals surface area contributed by atoms with Gasteiger partial charge in [0.1, 0.15) is 0 Å². The maximum atomic E-state index is 13.0. The summed E-state index contributed by atoms with van der Waals surface area (Å²) in [4.78, 5) is 17.8. The molecule has 1 aliphatic carbocycles. The van der Waals surface area contributed by atoms with Crippen LogP contribution in [0.4, 0.5) is 5.69 Å². The van der Waals surface area contributed by atoms with E-state index in [1.807, 2.05) is 7.05 Å². The standard InChI is InChI=1S/C22H30N2O3/c1-4-20-10-7-12-24-13-11-21(17(20)24)15-8-5-6-9-16(15)23(2)18(21)22(26,14-20)19(25)27-3/h5-6,8-9,17-18,26H,4,7,10-14H2,1-3H3/t17-,18+,20-,21+,22?/m0/s1. The van der Waals surface area contributed by atoms with Gasteiger partial charge in [-0.15, -0.1) is 0 Å². The number of aliphatic hydroxyl groups is 1. The molecule has 3 heterocycles. The van der Waals surface area contributed by atoms with Crippen LogP contribution in [0.1, 0.15) is 44.6 Å². The number of likely N-dealkylation sites (N-methyl/N-ethyl adjacent to an activating group) is 1. The summed E-state index contributed by atoms with van der Waals surface area (Å²) < 4.78 is 5.19. The predicted molar refractivity (Wildman–Crippen MR) is 104 cm³/mol. The zero-order valence-corrected chi connectivity index (χ0v) is 16.6. The first-order valence-corrected chi connectivity index (χ1v) is 10.3. The third-order valence-corrected chi connectivity index (χ3v) is 8.34. The van der Waals surface area contributed by atoms with Crippen molar-refractivity contribution in [3.63, 3.8) is 0 Å². The minimum absolute atomic E-state index is 0.0491. The summed E-state index contributed by atoms with van der Waals surface area (Å²) in [5, 5.41) is 12.0. The topological polar surface area (TPSA) is 53.0 Å². The molecule has 5 atom stereocenters. The number of para-hydroxylation sites is 1. The molecular formula is C22H30N2O3. The third-order valence-electron chi connectivity index (χ3n) is 8.34. The summed E-state index contributed by atoms with van der Waals surface area (Å²) in [7, 11) is 3.44. The summed E-state index contributed by atoms with van der Waals surface area (Å²) >= 11 is 0. The Morgan fingerprint density at radius 2 is 2.04 bits per heavy atom. The van der Waals surface area contributed by atoms with Gasteiger partial charge in [-0.1, -0.05) is 25.1 Å². The minimum atomic E-state index is -1.48. The average Bonchev–Trinajstić information content (AvgIpc) is 3.20. The number of hydrogen-bond donors (Lipinski definition) is 1. The Hall–Kier alpha value is -1.59. The van der Waals surface area contributed by atoms with E-state index in [2.05, 4.69) is 41.0 Å². The summed E-state index contributed by atoms with van der Waals surface area (Å²) in [6.07, 6.45) is 4.68. The fourth-order valence-corrected chi connectivity index (χ4v) is 7.66. The Morgan fingerprint density at radius 1 is 1.26 bits per heavy atom. The van der Waals surface area contributed by atoms with Crippen molar-refractivity contribution in [2.24, 2.45) is 5.41 Å². The Balaban J connectivity index is 1.81. The summed E-state index contributed by atoms with van der Waals surface area (Å²) in [6.45, 7) is 4.41. The van der Waals surface area contributed by atoms with Gasteiger partial charge in [0, 0.05) is 24.2 Å². The van der Waals surface area contributed by atoms with Crippen molar-refractivity contribution in [2.45, 2.75) is 62.1 Å². The predicted octanol–water partition coefficient (Wildman–Crippen LogP) is 2.32. The number of esters is 1. The number of carbonyl (C=O) groups excluding carboxylic acids is 1. The smallest absolute Gasteiger partial charge is 0.340 e. The molecule has 1 N–H and O–H groups in total. The van der Waals surface area contributed by atoms with Crippen LogP contribution in [0, 0.1) is 5.41 Å². The van der Waals surface area contributed by atoms with Crippen LogP contribution in [0.2, 0.25) is 0 Å². The number of ether oxygens (including phenoxy) is 1. The maximum Gasteiger partial charge on any atom is 0.340 e. The number of fused-ring (bicyclic) bond motifs is 1. The fourth-order valence-electron chi connectivity index (χ4n) is 7.66. The SMILES string of the molecule is CC[C@]12CCCN3CC[C@@]4(c5ccccc5N(C)[C@H]4C(O)(C(=O)OC)C1)[C@@H]32. The maximum absolute atomic E-state index is 13.0. The van der Waals surface area contributed by atoms with E-state index in [9.17, 15) is 9.90 Å². The molecule has 1 aromatic rings. The zero-order chi connectivity index (χ0) is 19.0. The van der Waals surface area contributed by atoms with Gasteiger partial charge in [0.15, 0.2) is 5.60 Å². The van der Waals surface area contributed by atoms with E-state index >= 15 is 0 Å². The lowest BCUT2D eigenvalue weighted by atomic mass is 9.48. The van der Waals surface area contributed by atoms with E-state index in [0.717, 1.165) is 44.5 Å². The lowest BCUT2D eigenvalue weighted by Crippen LogP contribution is -2.75. The molecule has 1 aromatic carbocycles. The summed E-state index contributed by atoms with van der Waals surface area (Å²) in [5.41, 5.74) is 0.716. The largest absolute Gasteiger partial charge is 0.467 e. The number of hydrogen-bond acceptors (Lipinski definition) is 5. The Kier molecular flexibility index (Phi) is 3.55. The monoisotopic (exact) mass is 370 g/mol. The minimum Gasteiger partial charge on any atom is -0.467 e. The van der Waals surface area contributed by atoms with Crippen molar-refractivity contribution >= 4 is 11.7 Å². The average molecular weight is 370 g/mol. The van der Waals surface area contributed by atoms with Crippen LogP contribution in [-0.2, 0) is 14.9 Å². The molecule has 2 saturated heterocycles. The molecule has 27 heavy (non-hydrogen) atoms. The van der Waals surface area contributed by atoms with Crippen molar-refractivity contribution in [1.82, 2.24) is 4.90 Å². The number of benzene rings is 1. The van der Waals surface area contributed by atoms with Crippen LogP contribution in [0.3, 0.4) is 0 Å². The summed E-state index contributed by atoms with van der Waals surface area (Å²) in [6, 6.07) is 8.63. The molecule has 0 aromatic heterocycles. The molecule has 3 aliphatic heterocycles. The quantitative estimate of drug-likeness (QED) is 0.810. The van der Waals surface area contributed by atoms with Crippen LogP contribution >= 0.6 is 0 Å². The molecule has 0 radical (unpaired) electrons. The number of nitrogens with zero attached hydrogens (tertiary/aromatic N) is 2. The van der Waals surface area contributed by atoms with Crippen molar-refractivity contribution in [3.05, 3.63) is 29.8 Å². The van der Waals surface area contributed by atoms with E-state index in [-0.39, 0.29) is 16.9 Å². The lowest BCUT2D eigenvalue weighted by molar-refractivity contribution is -0.188. The number of carbonyl (C=O) groups is 1. The highest BCUT2D eigenvalue weighted by atomic mass is 16.5. The molecule has 0 bridgehead atoms. The van der Waals surface area contributed by atoms with Gasteiger partial charge in [0.2, 0.25) is 0 Å². The summed E-state index contributed by atoms with van der Waals surface area (Å²) in [5.74, 6) is -0.471. The zero-order valence-electron chi connectivity index (χ0n) is 16.6. The molecule has 1 unspecified atom stereocenters. The molecule has 146 valence electrons. The normalized spacial score (nSPS) is 42.4. The van der Waals surface area contributed by atoms with Crippen molar-refractivity contribution in [1.29, 1.82) is 0 Å². The van der Waals surface area contributed by atoms with Gasteiger partial charge in [-0.2, -0.15) is 0 Å². The second kappa shape index (κ2) is 5.48. The highest BCUT2D eigenvalue weighted by Crippen LogP contribution is 2.67. The first kappa shape index (κ1) is 17.5. The fraction of sp³-hybridized carbons (Fsp3) is 0.682. The second-order valence-corrected chi connectivity index (χ2v) is 9.17. The van der Waals surface area contributed by atoms with Gasteiger partial charge in [-0.05, 0) is 62.2 Å². The van der Waals surface area contributed by atoms with Gasteiger partial charge in [0.25, 0.3) is 0 Å². The molecule has 4 aliphatic rings. The van der Waals surface area contributed by atoms with Crippen molar-refractivity contribution in [3.8, 4) is 0 Å². The van der Waals surface area contributed by atoms with E-state index in [1.54, 1.807) is 0 Å². The molecule has 5 heteroatoms.